The molecule has 1 N–H and O–H groups in total. The van der Waals surface area contributed by atoms with Crippen LogP contribution in [0.5, 0.6) is 5.75 Å². The number of esters is 1. The molecule has 1 unspecified atom stereocenters. The molecule has 2 aromatic rings. The maximum atomic E-state index is 13.1. The minimum absolute atomic E-state index is 0.117. The summed E-state index contributed by atoms with van der Waals surface area (Å²) in [5.74, 6) is -1.02. The summed E-state index contributed by atoms with van der Waals surface area (Å²) in [6, 6.07) is 11.9. The predicted molar refractivity (Wildman–Crippen MR) is 96.2 cm³/mol. The average Bonchev–Trinajstić information content (AvgIpc) is 3.18. The number of benzene rings is 2. The topological polar surface area (TPSA) is 73.9 Å². The average molecular weight is 373 g/mol. The zero-order valence-electron chi connectivity index (χ0n) is 14.7. The van der Waals surface area contributed by atoms with E-state index in [1.54, 1.807) is 24.3 Å². The number of carbonyl (C=O) groups excluding carboxylic acids is 2. The molecule has 1 aliphatic rings. The van der Waals surface area contributed by atoms with Gasteiger partial charge in [0.25, 0.3) is 5.91 Å². The van der Waals surface area contributed by atoms with Crippen LogP contribution in [0.4, 0.5) is 10.1 Å². The zero-order chi connectivity index (χ0) is 19.1. The minimum atomic E-state index is -0.630. The number of carbonyl (C=O) groups is 2. The molecule has 0 spiro atoms. The van der Waals surface area contributed by atoms with Crippen molar-refractivity contribution in [2.24, 2.45) is 0 Å². The molecule has 7 heteroatoms. The molecule has 1 atom stereocenters. The summed E-state index contributed by atoms with van der Waals surface area (Å²) in [6.45, 7) is 0.780. The Hall–Kier alpha value is -2.93. The molecule has 1 fully saturated rings. The lowest BCUT2D eigenvalue weighted by molar-refractivity contribution is -0.119. The summed E-state index contributed by atoms with van der Waals surface area (Å²) in [4.78, 5) is 23.8. The van der Waals surface area contributed by atoms with Gasteiger partial charge in [0.05, 0.1) is 11.7 Å². The highest BCUT2D eigenvalue weighted by molar-refractivity contribution is 5.95. The fourth-order valence-electron chi connectivity index (χ4n) is 2.63. The van der Waals surface area contributed by atoms with E-state index in [0.29, 0.717) is 23.6 Å². The normalized spacial score (nSPS) is 16.0. The van der Waals surface area contributed by atoms with Gasteiger partial charge in [0.2, 0.25) is 0 Å². The maximum Gasteiger partial charge on any atom is 0.338 e. The second kappa shape index (κ2) is 9.14. The molecule has 6 nitrogen and oxygen atoms in total. The number of hydrogen-bond acceptors (Lipinski definition) is 5. The Bertz CT molecular complexity index is 787. The second-order valence-corrected chi connectivity index (χ2v) is 6.11. The van der Waals surface area contributed by atoms with Crippen LogP contribution in [0.2, 0.25) is 0 Å². The van der Waals surface area contributed by atoms with Gasteiger partial charge in [-0.15, -0.1) is 0 Å². The summed E-state index contributed by atoms with van der Waals surface area (Å²) < 4.78 is 29.2. The molecule has 2 aromatic carbocycles. The Morgan fingerprint density at radius 3 is 2.70 bits per heavy atom. The SMILES string of the molecule is O=C(COC(=O)c1ccc(OCC2CCCO2)cc1)Nc1cccc(F)c1. The van der Waals surface area contributed by atoms with Crippen LogP contribution in [0.1, 0.15) is 23.2 Å². The zero-order valence-corrected chi connectivity index (χ0v) is 14.7. The molecule has 0 aliphatic carbocycles. The third-order valence-corrected chi connectivity index (χ3v) is 3.99. The Morgan fingerprint density at radius 1 is 1.19 bits per heavy atom. The van der Waals surface area contributed by atoms with E-state index in [2.05, 4.69) is 5.32 Å². The monoisotopic (exact) mass is 373 g/mol. The minimum Gasteiger partial charge on any atom is -0.491 e. The van der Waals surface area contributed by atoms with Crippen LogP contribution in [-0.4, -0.2) is 37.8 Å². The number of rotatable bonds is 7. The highest BCUT2D eigenvalue weighted by Gasteiger charge is 2.16. The van der Waals surface area contributed by atoms with E-state index in [9.17, 15) is 14.0 Å². The van der Waals surface area contributed by atoms with Gasteiger partial charge in [-0.2, -0.15) is 0 Å². The van der Waals surface area contributed by atoms with E-state index >= 15 is 0 Å². The van der Waals surface area contributed by atoms with Crippen molar-refractivity contribution in [2.45, 2.75) is 18.9 Å². The Balaban J connectivity index is 1.43. The molecule has 3 rings (SSSR count). The maximum absolute atomic E-state index is 13.1. The number of halogens is 1. The Morgan fingerprint density at radius 2 is 2.00 bits per heavy atom. The Labute approximate surface area is 156 Å². The third-order valence-electron chi connectivity index (χ3n) is 3.99. The number of hydrogen-bond donors (Lipinski definition) is 1. The van der Waals surface area contributed by atoms with Gasteiger partial charge in [-0.25, -0.2) is 9.18 Å². The van der Waals surface area contributed by atoms with Crippen molar-refractivity contribution in [1.29, 1.82) is 0 Å². The van der Waals surface area contributed by atoms with Gasteiger partial charge in [-0.1, -0.05) is 6.07 Å². The molecule has 0 aromatic heterocycles. The third kappa shape index (κ3) is 5.79. The van der Waals surface area contributed by atoms with Crippen molar-refractivity contribution < 1.29 is 28.2 Å². The lowest BCUT2D eigenvalue weighted by Gasteiger charge is -2.11. The molecular formula is C20H20FNO5. The standard InChI is InChI=1S/C20H20FNO5/c21-15-3-1-4-16(11-15)22-19(23)13-27-20(24)14-6-8-17(9-7-14)26-12-18-5-2-10-25-18/h1,3-4,6-9,11,18H,2,5,10,12-13H2,(H,22,23). The highest BCUT2D eigenvalue weighted by atomic mass is 19.1. The molecule has 0 saturated carbocycles. The number of amides is 1. The lowest BCUT2D eigenvalue weighted by Crippen LogP contribution is -2.21. The lowest BCUT2D eigenvalue weighted by atomic mass is 10.2. The van der Waals surface area contributed by atoms with Crippen molar-refractivity contribution in [1.82, 2.24) is 0 Å². The first kappa shape index (κ1) is 18.8. The number of anilines is 1. The molecule has 1 aliphatic heterocycles. The van der Waals surface area contributed by atoms with Crippen LogP contribution in [0.15, 0.2) is 48.5 Å². The van der Waals surface area contributed by atoms with Crippen LogP contribution >= 0.6 is 0 Å². The van der Waals surface area contributed by atoms with Crippen LogP contribution in [0, 0.1) is 5.82 Å². The summed E-state index contributed by atoms with van der Waals surface area (Å²) >= 11 is 0. The first-order valence-corrected chi connectivity index (χ1v) is 8.67. The van der Waals surface area contributed by atoms with Gasteiger partial charge in [-0.05, 0) is 55.3 Å². The molecule has 27 heavy (non-hydrogen) atoms. The van der Waals surface area contributed by atoms with Crippen molar-refractivity contribution in [3.05, 3.63) is 59.9 Å². The van der Waals surface area contributed by atoms with Gasteiger partial charge in [0.1, 0.15) is 18.2 Å². The number of nitrogens with one attached hydrogen (secondary N) is 1. The van der Waals surface area contributed by atoms with E-state index in [1.807, 2.05) is 0 Å². The van der Waals surface area contributed by atoms with Crippen molar-refractivity contribution >= 4 is 17.6 Å². The van der Waals surface area contributed by atoms with Gasteiger partial charge in [0.15, 0.2) is 6.61 Å². The first-order chi connectivity index (χ1) is 13.1. The number of ether oxygens (including phenoxy) is 3. The van der Waals surface area contributed by atoms with Crippen LogP contribution in [0.25, 0.3) is 0 Å². The van der Waals surface area contributed by atoms with E-state index in [0.717, 1.165) is 19.4 Å². The van der Waals surface area contributed by atoms with Crippen molar-refractivity contribution in [3.8, 4) is 5.75 Å². The summed E-state index contributed by atoms with van der Waals surface area (Å²) in [7, 11) is 0. The van der Waals surface area contributed by atoms with Gasteiger partial charge in [-0.3, -0.25) is 4.79 Å². The molecule has 1 amide bonds. The van der Waals surface area contributed by atoms with Crippen molar-refractivity contribution in [2.75, 3.05) is 25.1 Å². The fourth-order valence-corrected chi connectivity index (χ4v) is 2.63. The molecular weight excluding hydrogens is 353 g/mol. The van der Waals surface area contributed by atoms with E-state index in [-0.39, 0.29) is 6.10 Å². The molecule has 0 bridgehead atoms. The van der Waals surface area contributed by atoms with E-state index < -0.39 is 24.3 Å². The first-order valence-electron chi connectivity index (χ1n) is 8.67. The van der Waals surface area contributed by atoms with Gasteiger partial charge >= 0.3 is 5.97 Å². The van der Waals surface area contributed by atoms with Crippen LogP contribution in [-0.2, 0) is 14.3 Å². The van der Waals surface area contributed by atoms with Gasteiger partial charge in [0, 0.05) is 12.3 Å². The fraction of sp³-hybridized carbons (Fsp3) is 0.300. The summed E-state index contributed by atoms with van der Waals surface area (Å²) in [6.07, 6.45) is 2.15. The van der Waals surface area contributed by atoms with E-state index in [4.69, 9.17) is 14.2 Å². The van der Waals surface area contributed by atoms with Crippen LogP contribution < -0.4 is 10.1 Å². The molecule has 1 saturated heterocycles. The molecule has 0 radical (unpaired) electrons. The van der Waals surface area contributed by atoms with Crippen molar-refractivity contribution in [3.63, 3.8) is 0 Å². The Kier molecular flexibility index (Phi) is 6.38. The smallest absolute Gasteiger partial charge is 0.338 e. The summed E-state index contributed by atoms with van der Waals surface area (Å²) in [5.41, 5.74) is 0.599. The largest absolute Gasteiger partial charge is 0.491 e. The summed E-state index contributed by atoms with van der Waals surface area (Å²) in [5, 5.41) is 2.45. The van der Waals surface area contributed by atoms with Gasteiger partial charge < -0.3 is 19.5 Å². The highest BCUT2D eigenvalue weighted by Crippen LogP contribution is 2.17. The van der Waals surface area contributed by atoms with Crippen LogP contribution in [0.3, 0.4) is 0 Å². The molecule has 142 valence electrons. The van der Waals surface area contributed by atoms with E-state index in [1.165, 1.54) is 24.3 Å². The predicted octanol–water partition coefficient (Wildman–Crippen LogP) is 3.18. The second-order valence-electron chi connectivity index (χ2n) is 6.11. The molecule has 1 heterocycles. The quantitative estimate of drug-likeness (QED) is 0.755.